The summed E-state index contributed by atoms with van der Waals surface area (Å²) < 4.78 is 5.76. The van der Waals surface area contributed by atoms with E-state index in [4.69, 9.17) is 4.74 Å². The Labute approximate surface area is 217 Å². The second kappa shape index (κ2) is 7.89. The van der Waals surface area contributed by atoms with Gasteiger partial charge in [0, 0.05) is 24.4 Å². The molecule has 0 aromatic carbocycles. The second-order valence-corrected chi connectivity index (χ2v) is 15.4. The number of hydrogen-bond acceptors (Lipinski definition) is 5. The van der Waals surface area contributed by atoms with Crippen molar-refractivity contribution in [2.45, 2.75) is 118 Å². The van der Waals surface area contributed by atoms with E-state index in [1.807, 2.05) is 13.8 Å². The van der Waals surface area contributed by atoms with Gasteiger partial charge < -0.3 is 9.84 Å². The summed E-state index contributed by atoms with van der Waals surface area (Å²) in [5.74, 6) is 0.940. The summed E-state index contributed by atoms with van der Waals surface area (Å²) in [6.07, 6.45) is 8.30. The van der Waals surface area contributed by atoms with Gasteiger partial charge in [-0.05, 0) is 90.8 Å². The van der Waals surface area contributed by atoms with E-state index < -0.39 is 11.0 Å². The Morgan fingerprint density at radius 1 is 1.03 bits per heavy atom. The summed E-state index contributed by atoms with van der Waals surface area (Å²) in [5.41, 5.74) is -1.82. The van der Waals surface area contributed by atoms with Crippen molar-refractivity contribution in [3.05, 3.63) is 0 Å². The molecule has 1 N–H and O–H groups in total. The van der Waals surface area contributed by atoms with Crippen molar-refractivity contribution in [1.82, 2.24) is 0 Å². The zero-order chi connectivity index (χ0) is 26.5. The van der Waals surface area contributed by atoms with Crippen LogP contribution in [0.5, 0.6) is 0 Å². The number of aliphatic hydroxyl groups excluding tert-OH is 1. The molecule has 4 saturated carbocycles. The first-order chi connectivity index (χ1) is 16.6. The first kappa shape index (κ1) is 26.4. The lowest BCUT2D eigenvalue weighted by Gasteiger charge is -2.65. The smallest absolute Gasteiger partial charge is 0.240 e. The molecule has 0 spiro atoms. The molecule has 0 radical (unpaired) electrons. The maximum absolute atomic E-state index is 13.7. The Morgan fingerprint density at radius 3 is 2.33 bits per heavy atom. The van der Waals surface area contributed by atoms with E-state index in [9.17, 15) is 20.0 Å². The van der Waals surface area contributed by atoms with Gasteiger partial charge in [0.2, 0.25) is 5.60 Å². The summed E-state index contributed by atoms with van der Waals surface area (Å²) in [6.45, 7) is 15.8. The molecule has 5 nitrogen and oxygen atoms in total. The number of Topliss-reactive ketones (excluding diaryl/α,β-unsaturated/α-hetero) is 2. The van der Waals surface area contributed by atoms with Crippen LogP contribution in [0.2, 0.25) is 0 Å². The predicted molar refractivity (Wildman–Crippen MR) is 138 cm³/mol. The van der Waals surface area contributed by atoms with Crippen LogP contribution in [0, 0.1) is 62.1 Å². The third-order valence-electron chi connectivity index (χ3n) is 12.8. The monoisotopic (exact) mass is 497 g/mol. The van der Waals surface area contributed by atoms with Crippen molar-refractivity contribution in [2.24, 2.45) is 50.7 Å². The van der Waals surface area contributed by atoms with E-state index in [0.717, 1.165) is 51.4 Å². The quantitative estimate of drug-likeness (QED) is 0.490. The molecule has 5 heteroatoms. The molecule has 36 heavy (non-hydrogen) atoms. The van der Waals surface area contributed by atoms with Crippen LogP contribution >= 0.6 is 0 Å². The standard InChI is InChI=1S/C31H47NO4/c1-19-20(27(4,5)25(35)31(17-32)24(19)36-31)8-10-28(6)11-9-22(34)23-21-16-26(2,3)12-14-30(21,18-33)15-13-29(23,28)7/h19-21,23-24,33H,8-16,18H2,1-7H3. The number of rotatable bonds is 4. The van der Waals surface area contributed by atoms with E-state index in [-0.39, 0.29) is 63.8 Å². The molecule has 200 valence electrons. The summed E-state index contributed by atoms with van der Waals surface area (Å²) >= 11 is 0. The largest absolute Gasteiger partial charge is 0.396 e. The molecule has 1 aliphatic heterocycles. The number of aliphatic hydroxyl groups is 1. The van der Waals surface area contributed by atoms with Crippen LogP contribution in [0.4, 0.5) is 0 Å². The van der Waals surface area contributed by atoms with E-state index in [2.05, 4.69) is 40.7 Å². The fourth-order valence-corrected chi connectivity index (χ4v) is 9.94. The first-order valence-corrected chi connectivity index (χ1v) is 14.4. The minimum atomic E-state index is -1.22. The van der Waals surface area contributed by atoms with Gasteiger partial charge in [0.05, 0.1) is 0 Å². The topological polar surface area (TPSA) is 90.7 Å². The van der Waals surface area contributed by atoms with Gasteiger partial charge in [0.15, 0.2) is 5.78 Å². The van der Waals surface area contributed by atoms with Gasteiger partial charge in [-0.25, -0.2) is 0 Å². The zero-order valence-electron chi connectivity index (χ0n) is 23.6. The molecule has 5 aliphatic rings. The van der Waals surface area contributed by atoms with Crippen LogP contribution in [-0.4, -0.2) is 35.0 Å². The molecule has 0 bridgehead atoms. The van der Waals surface area contributed by atoms with Crippen LogP contribution in [0.1, 0.15) is 106 Å². The highest BCUT2D eigenvalue weighted by Gasteiger charge is 2.74. The Bertz CT molecular complexity index is 1010. The van der Waals surface area contributed by atoms with E-state index >= 15 is 0 Å². The molecule has 9 unspecified atom stereocenters. The maximum Gasteiger partial charge on any atom is 0.240 e. The lowest BCUT2D eigenvalue weighted by molar-refractivity contribution is -0.187. The van der Waals surface area contributed by atoms with Crippen LogP contribution in [0.15, 0.2) is 0 Å². The highest BCUT2D eigenvalue weighted by atomic mass is 16.6. The average molecular weight is 498 g/mol. The number of ether oxygens (including phenoxy) is 1. The van der Waals surface area contributed by atoms with Gasteiger partial charge in [-0.15, -0.1) is 0 Å². The SMILES string of the molecule is CC1C(CCC2(C)CCC(=O)C3C4CC(C)(C)CCC4(CO)CCC32C)C(C)(C)C(=O)C2(C#N)OC12. The van der Waals surface area contributed by atoms with Gasteiger partial charge in [0.25, 0.3) is 0 Å². The molecule has 1 saturated heterocycles. The van der Waals surface area contributed by atoms with Gasteiger partial charge in [-0.2, -0.15) is 5.26 Å². The summed E-state index contributed by atoms with van der Waals surface area (Å²) in [6, 6.07) is 2.18. The van der Waals surface area contributed by atoms with Gasteiger partial charge >= 0.3 is 0 Å². The van der Waals surface area contributed by atoms with Gasteiger partial charge in [-0.3, -0.25) is 9.59 Å². The van der Waals surface area contributed by atoms with E-state index in [1.54, 1.807) is 0 Å². The first-order valence-electron chi connectivity index (χ1n) is 14.4. The predicted octanol–water partition coefficient (Wildman–Crippen LogP) is 5.88. The van der Waals surface area contributed by atoms with Gasteiger partial charge in [-0.1, -0.05) is 48.5 Å². The third kappa shape index (κ3) is 3.32. The van der Waals surface area contributed by atoms with Crippen molar-refractivity contribution in [1.29, 1.82) is 5.26 Å². The summed E-state index contributed by atoms with van der Waals surface area (Å²) in [7, 11) is 0. The maximum atomic E-state index is 13.7. The lowest BCUT2D eigenvalue weighted by atomic mass is 9.38. The molecular formula is C31H47NO4. The van der Waals surface area contributed by atoms with Crippen molar-refractivity contribution < 1.29 is 19.4 Å². The molecular weight excluding hydrogens is 450 g/mol. The zero-order valence-corrected chi connectivity index (χ0v) is 23.6. The van der Waals surface area contributed by atoms with Crippen molar-refractivity contribution in [2.75, 3.05) is 6.61 Å². The number of epoxide rings is 1. The van der Waals surface area contributed by atoms with Gasteiger partial charge in [0.1, 0.15) is 18.0 Å². The Balaban J connectivity index is 1.43. The Hall–Kier alpha value is -1.25. The normalized spacial score (nSPS) is 50.9. The van der Waals surface area contributed by atoms with Crippen molar-refractivity contribution in [3.8, 4) is 6.07 Å². The number of carbonyl (C=O) groups excluding carboxylic acids is 2. The van der Waals surface area contributed by atoms with E-state index in [1.165, 1.54) is 0 Å². The average Bonchev–Trinajstić information content (AvgIpc) is 3.57. The Morgan fingerprint density at radius 2 is 1.69 bits per heavy atom. The number of ketones is 2. The second-order valence-electron chi connectivity index (χ2n) is 15.4. The van der Waals surface area contributed by atoms with Crippen LogP contribution in [-0.2, 0) is 14.3 Å². The fraction of sp³-hybridized carbons (Fsp3) is 0.903. The molecule has 0 aromatic rings. The Kier molecular flexibility index (Phi) is 5.77. The molecule has 0 aromatic heterocycles. The number of hydrogen-bond donors (Lipinski definition) is 1. The minimum Gasteiger partial charge on any atom is -0.396 e. The minimum absolute atomic E-state index is 0.00179. The summed E-state index contributed by atoms with van der Waals surface area (Å²) in [4.78, 5) is 27.0. The lowest BCUT2D eigenvalue weighted by Crippen LogP contribution is -2.62. The molecule has 4 aliphatic carbocycles. The fourth-order valence-electron chi connectivity index (χ4n) is 9.94. The van der Waals surface area contributed by atoms with Crippen molar-refractivity contribution in [3.63, 3.8) is 0 Å². The molecule has 0 amide bonds. The van der Waals surface area contributed by atoms with Crippen LogP contribution in [0.25, 0.3) is 0 Å². The summed E-state index contributed by atoms with van der Waals surface area (Å²) in [5, 5.41) is 20.3. The van der Waals surface area contributed by atoms with E-state index in [0.29, 0.717) is 12.2 Å². The third-order valence-corrected chi connectivity index (χ3v) is 12.8. The van der Waals surface area contributed by atoms with Crippen molar-refractivity contribution >= 4 is 11.6 Å². The number of nitrogens with zero attached hydrogens (tertiary/aromatic N) is 1. The molecule has 5 fully saturated rings. The molecule has 1 heterocycles. The number of carbonyl (C=O) groups is 2. The van der Waals surface area contributed by atoms with Crippen LogP contribution in [0.3, 0.4) is 0 Å². The number of fused-ring (bicyclic) bond motifs is 4. The number of nitriles is 1. The highest BCUT2D eigenvalue weighted by Crippen LogP contribution is 2.69. The molecule has 9 atom stereocenters. The molecule has 5 rings (SSSR count). The highest BCUT2D eigenvalue weighted by molar-refractivity contribution is 5.99. The van der Waals surface area contributed by atoms with Crippen LogP contribution < -0.4 is 0 Å².